The minimum absolute atomic E-state index is 0.222. The maximum atomic E-state index is 11.2. The van der Waals surface area contributed by atoms with E-state index in [2.05, 4.69) is 10.5 Å². The number of oxime groups is 1. The molecule has 5 nitrogen and oxygen atoms in total. The number of carbonyl (C=O) groups is 1. The lowest BCUT2D eigenvalue weighted by molar-refractivity contribution is 0.0113. The highest BCUT2D eigenvalue weighted by Gasteiger charge is 2.62. The zero-order chi connectivity index (χ0) is 11.7. The Bertz CT molecular complexity index is 304. The van der Waals surface area contributed by atoms with E-state index in [-0.39, 0.29) is 5.41 Å². The minimum atomic E-state index is -0.845. The van der Waals surface area contributed by atoms with E-state index >= 15 is 0 Å². The monoisotopic (exact) mass is 232 g/mol. The van der Waals surface area contributed by atoms with Gasteiger partial charge in [-0.15, -0.1) is 11.8 Å². The molecule has 1 unspecified atom stereocenters. The van der Waals surface area contributed by atoms with Gasteiger partial charge in [0.05, 0.1) is 0 Å². The predicted octanol–water partition coefficient (Wildman–Crippen LogP) is 1.66. The smallest absolute Gasteiger partial charge is 0.408 e. The van der Waals surface area contributed by atoms with Crippen molar-refractivity contribution >= 4 is 23.6 Å². The molecule has 1 fully saturated rings. The van der Waals surface area contributed by atoms with Crippen LogP contribution in [-0.4, -0.2) is 35.2 Å². The molecule has 0 aromatic heterocycles. The molecular formula is C9H16N2O3S. The van der Waals surface area contributed by atoms with Crippen molar-refractivity contribution in [3.63, 3.8) is 0 Å². The lowest BCUT2D eigenvalue weighted by Crippen LogP contribution is -2.63. The second-order valence-electron chi connectivity index (χ2n) is 4.07. The second-order valence-corrected chi connectivity index (χ2v) is 5.05. The maximum absolute atomic E-state index is 11.2. The van der Waals surface area contributed by atoms with E-state index in [1.54, 1.807) is 0 Å². The third kappa shape index (κ3) is 1.67. The second kappa shape index (κ2) is 3.92. The molecule has 0 radical (unpaired) electrons. The van der Waals surface area contributed by atoms with Crippen molar-refractivity contribution in [1.29, 1.82) is 0 Å². The average Bonchev–Trinajstić information content (AvgIpc) is 2.21. The molecule has 1 amide bonds. The van der Waals surface area contributed by atoms with Gasteiger partial charge >= 0.3 is 6.09 Å². The number of rotatable bonds is 2. The SMILES string of the molecule is CNC(=O)OC1(SC)/C(=N/O)CC1(C)C. The van der Waals surface area contributed by atoms with Gasteiger partial charge in [0, 0.05) is 18.9 Å². The van der Waals surface area contributed by atoms with Crippen LogP contribution in [0, 0.1) is 5.41 Å². The highest BCUT2D eigenvalue weighted by atomic mass is 32.2. The molecule has 15 heavy (non-hydrogen) atoms. The van der Waals surface area contributed by atoms with Crippen LogP contribution >= 0.6 is 11.8 Å². The number of amides is 1. The maximum Gasteiger partial charge on any atom is 0.408 e. The number of thioether (sulfide) groups is 1. The summed E-state index contributed by atoms with van der Waals surface area (Å²) in [7, 11) is 1.50. The molecule has 0 heterocycles. The number of alkyl carbamates (subject to hydrolysis) is 1. The number of hydrogen-bond acceptors (Lipinski definition) is 5. The van der Waals surface area contributed by atoms with Gasteiger partial charge in [0.2, 0.25) is 4.93 Å². The summed E-state index contributed by atoms with van der Waals surface area (Å²) in [5, 5.41) is 14.4. The van der Waals surface area contributed by atoms with E-state index in [0.717, 1.165) is 0 Å². The Morgan fingerprint density at radius 1 is 1.67 bits per heavy atom. The van der Waals surface area contributed by atoms with Crippen LogP contribution in [0.25, 0.3) is 0 Å². The van der Waals surface area contributed by atoms with Crippen molar-refractivity contribution in [2.75, 3.05) is 13.3 Å². The van der Waals surface area contributed by atoms with E-state index in [1.807, 2.05) is 20.1 Å². The van der Waals surface area contributed by atoms with E-state index in [4.69, 9.17) is 9.94 Å². The van der Waals surface area contributed by atoms with E-state index in [1.165, 1.54) is 18.8 Å². The first-order valence-electron chi connectivity index (χ1n) is 4.61. The molecule has 0 aromatic carbocycles. The fourth-order valence-corrected chi connectivity index (χ4v) is 2.98. The van der Waals surface area contributed by atoms with Gasteiger partial charge in [-0.3, -0.25) is 0 Å². The predicted molar refractivity (Wildman–Crippen MR) is 59.4 cm³/mol. The number of hydrogen-bond donors (Lipinski definition) is 2. The minimum Gasteiger partial charge on any atom is -0.425 e. The first-order valence-corrected chi connectivity index (χ1v) is 5.83. The average molecular weight is 232 g/mol. The molecular weight excluding hydrogens is 216 g/mol. The molecule has 1 rings (SSSR count). The molecule has 2 N–H and O–H groups in total. The fourth-order valence-electron chi connectivity index (χ4n) is 1.85. The molecule has 0 bridgehead atoms. The highest BCUT2D eigenvalue weighted by Crippen LogP contribution is 2.55. The number of carbonyl (C=O) groups excluding carboxylic acids is 1. The molecule has 1 saturated carbocycles. The van der Waals surface area contributed by atoms with E-state index in [9.17, 15) is 4.79 Å². The summed E-state index contributed by atoms with van der Waals surface area (Å²) in [4.78, 5) is 10.4. The quantitative estimate of drug-likeness (QED) is 0.431. The third-order valence-electron chi connectivity index (χ3n) is 2.73. The van der Waals surface area contributed by atoms with E-state index in [0.29, 0.717) is 12.1 Å². The Balaban J connectivity index is 2.95. The van der Waals surface area contributed by atoms with Crippen molar-refractivity contribution in [3.05, 3.63) is 0 Å². The summed E-state index contributed by atoms with van der Waals surface area (Å²) >= 11 is 1.37. The first-order chi connectivity index (χ1) is 6.93. The Morgan fingerprint density at radius 3 is 2.60 bits per heavy atom. The molecule has 0 aliphatic heterocycles. The molecule has 0 aromatic rings. The molecule has 1 aliphatic rings. The normalized spacial score (nSPS) is 30.8. The molecule has 0 spiro atoms. The van der Waals surface area contributed by atoms with Gasteiger partial charge in [0.25, 0.3) is 0 Å². The summed E-state index contributed by atoms with van der Waals surface area (Å²) in [6.45, 7) is 3.95. The third-order valence-corrected chi connectivity index (χ3v) is 4.18. The Morgan fingerprint density at radius 2 is 2.27 bits per heavy atom. The molecule has 0 saturated heterocycles. The summed E-state index contributed by atoms with van der Waals surface area (Å²) < 4.78 is 5.31. The highest BCUT2D eigenvalue weighted by molar-refractivity contribution is 8.00. The Labute approximate surface area is 93.2 Å². The summed E-state index contributed by atoms with van der Waals surface area (Å²) in [5.74, 6) is 0. The van der Waals surface area contributed by atoms with Crippen LogP contribution in [0.1, 0.15) is 20.3 Å². The zero-order valence-electron chi connectivity index (χ0n) is 9.33. The lowest BCUT2D eigenvalue weighted by Gasteiger charge is -2.53. The lowest BCUT2D eigenvalue weighted by atomic mass is 9.66. The Kier molecular flexibility index (Phi) is 3.18. The van der Waals surface area contributed by atoms with Gasteiger partial charge in [0.15, 0.2) is 0 Å². The van der Waals surface area contributed by atoms with Gasteiger partial charge in [-0.05, 0) is 6.26 Å². The van der Waals surface area contributed by atoms with Crippen molar-refractivity contribution in [2.24, 2.45) is 10.6 Å². The van der Waals surface area contributed by atoms with Crippen molar-refractivity contribution < 1.29 is 14.7 Å². The van der Waals surface area contributed by atoms with Crippen LogP contribution in [0.3, 0.4) is 0 Å². The van der Waals surface area contributed by atoms with Crippen LogP contribution in [-0.2, 0) is 4.74 Å². The van der Waals surface area contributed by atoms with Gasteiger partial charge in [-0.1, -0.05) is 19.0 Å². The number of nitrogens with zero attached hydrogens (tertiary/aromatic N) is 1. The van der Waals surface area contributed by atoms with Gasteiger partial charge < -0.3 is 15.3 Å². The molecule has 6 heteroatoms. The topological polar surface area (TPSA) is 70.9 Å². The largest absolute Gasteiger partial charge is 0.425 e. The zero-order valence-corrected chi connectivity index (χ0v) is 10.1. The van der Waals surface area contributed by atoms with Crippen LogP contribution < -0.4 is 5.32 Å². The van der Waals surface area contributed by atoms with Gasteiger partial charge in [0.1, 0.15) is 5.71 Å². The first kappa shape index (κ1) is 12.2. The standard InChI is InChI=1S/C9H16N2O3S/c1-8(2)5-6(11-13)9(8,15-4)14-7(12)10-3/h13H,5H2,1-4H3,(H,10,12)/b11-6+. The summed E-state index contributed by atoms with van der Waals surface area (Å²) in [6, 6.07) is 0. The molecule has 86 valence electrons. The van der Waals surface area contributed by atoms with Crippen LogP contribution in [0.2, 0.25) is 0 Å². The number of nitrogens with one attached hydrogen (secondary N) is 1. The van der Waals surface area contributed by atoms with Crippen molar-refractivity contribution in [1.82, 2.24) is 5.32 Å². The number of ether oxygens (including phenoxy) is 1. The van der Waals surface area contributed by atoms with Gasteiger partial charge in [-0.25, -0.2) is 4.79 Å². The van der Waals surface area contributed by atoms with Crippen molar-refractivity contribution in [3.8, 4) is 0 Å². The van der Waals surface area contributed by atoms with Crippen LogP contribution in [0.15, 0.2) is 5.16 Å². The van der Waals surface area contributed by atoms with E-state index < -0.39 is 11.0 Å². The summed E-state index contributed by atoms with van der Waals surface area (Å²) in [6.07, 6.45) is 1.94. The van der Waals surface area contributed by atoms with Crippen LogP contribution in [0.4, 0.5) is 4.79 Å². The van der Waals surface area contributed by atoms with Crippen molar-refractivity contribution in [2.45, 2.75) is 25.2 Å². The Hall–Kier alpha value is -0.910. The van der Waals surface area contributed by atoms with Crippen LogP contribution in [0.5, 0.6) is 0 Å². The van der Waals surface area contributed by atoms with Gasteiger partial charge in [-0.2, -0.15) is 0 Å². The molecule has 1 aliphatic carbocycles. The molecule has 1 atom stereocenters. The summed E-state index contributed by atoms with van der Waals surface area (Å²) in [5.41, 5.74) is 0.282. The fraction of sp³-hybridized carbons (Fsp3) is 0.778.